The van der Waals surface area contributed by atoms with Crippen LogP contribution in [0, 0.1) is 0 Å². The summed E-state index contributed by atoms with van der Waals surface area (Å²) in [5, 5.41) is 0.223. The predicted molar refractivity (Wildman–Crippen MR) is 110 cm³/mol. The zero-order chi connectivity index (χ0) is 19.2. The molecular formula is C22H31NO2Si. The highest BCUT2D eigenvalue weighted by atomic mass is 28.4. The number of carbonyl (C=O) groups is 1. The van der Waals surface area contributed by atoms with Gasteiger partial charge in [-0.25, -0.2) is 0 Å². The Morgan fingerprint density at radius 2 is 1.81 bits per heavy atom. The number of hydrogen-bond acceptors (Lipinski definition) is 3. The van der Waals surface area contributed by atoms with Gasteiger partial charge in [0.25, 0.3) is 0 Å². The number of pyridine rings is 1. The van der Waals surface area contributed by atoms with Crippen molar-refractivity contribution >= 4 is 14.1 Å². The van der Waals surface area contributed by atoms with Crippen LogP contribution in [0.1, 0.15) is 48.7 Å². The molecule has 26 heavy (non-hydrogen) atoms. The average Bonchev–Trinajstić information content (AvgIpc) is 2.59. The molecule has 0 aliphatic heterocycles. The number of ketones is 1. The first-order valence-corrected chi connectivity index (χ1v) is 12.3. The molecule has 4 heteroatoms. The van der Waals surface area contributed by atoms with Crippen molar-refractivity contribution in [3.8, 4) is 0 Å². The largest absolute Gasteiger partial charge is 0.417 e. The number of rotatable bonds is 8. The maximum absolute atomic E-state index is 12.7. The van der Waals surface area contributed by atoms with Crippen LogP contribution >= 0.6 is 0 Å². The van der Waals surface area contributed by atoms with Crippen molar-refractivity contribution < 1.29 is 9.22 Å². The van der Waals surface area contributed by atoms with Crippen LogP contribution in [0.5, 0.6) is 0 Å². The Morgan fingerprint density at radius 1 is 1.12 bits per heavy atom. The maximum Gasteiger partial charge on any atom is 0.191 e. The smallest absolute Gasteiger partial charge is 0.191 e. The van der Waals surface area contributed by atoms with Crippen molar-refractivity contribution in [2.24, 2.45) is 0 Å². The molecule has 0 radical (unpaired) electrons. The van der Waals surface area contributed by atoms with Crippen molar-refractivity contribution in [3.05, 3.63) is 65.5 Å². The number of Topliss-reactive ketones (excluding diaryl/α,β-unsaturated/α-hetero) is 1. The molecule has 1 aromatic heterocycles. The fourth-order valence-corrected chi connectivity index (χ4v) is 3.66. The topological polar surface area (TPSA) is 39.2 Å². The van der Waals surface area contributed by atoms with E-state index in [2.05, 4.69) is 38.8 Å². The van der Waals surface area contributed by atoms with Crippen LogP contribution in [-0.4, -0.2) is 25.7 Å². The third kappa shape index (κ3) is 5.61. The fraction of sp³-hybridized carbons (Fsp3) is 0.455. The van der Waals surface area contributed by atoms with Crippen LogP contribution in [-0.2, 0) is 17.3 Å². The van der Waals surface area contributed by atoms with Crippen molar-refractivity contribution in [1.29, 1.82) is 0 Å². The summed E-state index contributed by atoms with van der Waals surface area (Å²) in [5.74, 6) is 0.129. The second kappa shape index (κ2) is 8.74. The van der Waals surface area contributed by atoms with E-state index < -0.39 is 8.32 Å². The Balaban J connectivity index is 1.96. The number of benzene rings is 1. The number of aryl methyl sites for hydroxylation is 1. The molecule has 0 saturated carbocycles. The lowest BCUT2D eigenvalue weighted by molar-refractivity contribution is 0.0991. The lowest BCUT2D eigenvalue weighted by atomic mass is 9.98. The van der Waals surface area contributed by atoms with E-state index in [9.17, 15) is 4.79 Å². The van der Waals surface area contributed by atoms with E-state index in [0.717, 1.165) is 36.1 Å². The minimum absolute atomic E-state index is 0.129. The van der Waals surface area contributed by atoms with Crippen LogP contribution in [0.4, 0.5) is 0 Å². The molecule has 0 spiro atoms. The molecule has 0 aliphatic carbocycles. The van der Waals surface area contributed by atoms with Gasteiger partial charge in [0.2, 0.25) is 0 Å². The minimum atomic E-state index is -1.71. The summed E-state index contributed by atoms with van der Waals surface area (Å²) in [4.78, 5) is 16.9. The molecule has 1 aromatic carbocycles. The number of nitrogens with zero attached hydrogens (tertiary/aromatic N) is 1. The summed E-state index contributed by atoms with van der Waals surface area (Å²) in [6.07, 6.45) is 5.65. The zero-order valence-corrected chi connectivity index (χ0v) is 17.7. The van der Waals surface area contributed by atoms with Crippen LogP contribution < -0.4 is 0 Å². The van der Waals surface area contributed by atoms with E-state index in [1.54, 1.807) is 12.4 Å². The first-order valence-electron chi connectivity index (χ1n) is 9.35. The Bertz CT molecular complexity index is 720. The highest BCUT2D eigenvalue weighted by Crippen LogP contribution is 2.36. The van der Waals surface area contributed by atoms with Gasteiger partial charge in [0.05, 0.1) is 0 Å². The van der Waals surface area contributed by atoms with E-state index >= 15 is 0 Å². The van der Waals surface area contributed by atoms with Crippen LogP contribution in [0.3, 0.4) is 0 Å². The zero-order valence-electron chi connectivity index (χ0n) is 16.7. The number of aromatic nitrogens is 1. The summed E-state index contributed by atoms with van der Waals surface area (Å²) in [5.41, 5.74) is 2.84. The van der Waals surface area contributed by atoms with E-state index in [-0.39, 0.29) is 10.8 Å². The molecule has 0 unspecified atom stereocenters. The third-order valence-electron chi connectivity index (χ3n) is 5.28. The van der Waals surface area contributed by atoms with Crippen molar-refractivity contribution in [1.82, 2.24) is 4.98 Å². The van der Waals surface area contributed by atoms with Gasteiger partial charge in [0.1, 0.15) is 0 Å². The molecular weight excluding hydrogens is 338 g/mol. The fourth-order valence-electron chi connectivity index (χ4n) is 2.58. The Kier molecular flexibility index (Phi) is 6.90. The lowest BCUT2D eigenvalue weighted by Crippen LogP contribution is -2.41. The summed E-state index contributed by atoms with van der Waals surface area (Å²) < 4.78 is 6.25. The summed E-state index contributed by atoms with van der Waals surface area (Å²) >= 11 is 0. The standard InChI is InChI=1S/C22H31NO2Si/c1-22(2,3)26(4,5)25-15-9-12-19-13-14-23-17-20(19)21(24)16-18-10-7-6-8-11-18/h6-8,10-11,13-14,17H,9,12,15-16H2,1-5H3. The van der Waals surface area contributed by atoms with Gasteiger partial charge in [-0.3, -0.25) is 9.78 Å². The molecule has 0 bridgehead atoms. The number of carbonyl (C=O) groups excluding carboxylic acids is 1. The number of hydrogen-bond donors (Lipinski definition) is 0. The normalized spacial score (nSPS) is 12.2. The first-order chi connectivity index (χ1) is 12.2. The third-order valence-corrected chi connectivity index (χ3v) is 9.82. The molecule has 140 valence electrons. The van der Waals surface area contributed by atoms with Gasteiger partial charge in [0.15, 0.2) is 14.1 Å². The Hall–Kier alpha value is -1.78. The van der Waals surface area contributed by atoms with Gasteiger partial charge >= 0.3 is 0 Å². The van der Waals surface area contributed by atoms with E-state index in [1.165, 1.54) is 0 Å². The molecule has 0 aliphatic rings. The summed E-state index contributed by atoms with van der Waals surface area (Å²) in [7, 11) is -1.71. The van der Waals surface area contributed by atoms with E-state index in [4.69, 9.17) is 4.43 Å². The second-order valence-corrected chi connectivity index (χ2v) is 13.1. The van der Waals surface area contributed by atoms with Gasteiger partial charge in [-0.15, -0.1) is 0 Å². The highest BCUT2D eigenvalue weighted by molar-refractivity contribution is 6.74. The molecule has 0 saturated heterocycles. The van der Waals surface area contributed by atoms with Crippen LogP contribution in [0.15, 0.2) is 48.8 Å². The average molecular weight is 370 g/mol. The quantitative estimate of drug-likeness (QED) is 0.352. The van der Waals surface area contributed by atoms with Gasteiger partial charge in [-0.1, -0.05) is 51.1 Å². The second-order valence-electron chi connectivity index (χ2n) is 8.33. The molecule has 3 nitrogen and oxygen atoms in total. The molecule has 0 amide bonds. The molecule has 0 atom stereocenters. The van der Waals surface area contributed by atoms with Gasteiger partial charge < -0.3 is 4.43 Å². The molecule has 0 N–H and O–H groups in total. The van der Waals surface area contributed by atoms with Crippen molar-refractivity contribution in [2.45, 2.75) is 58.2 Å². The minimum Gasteiger partial charge on any atom is -0.417 e. The molecule has 2 rings (SSSR count). The van der Waals surface area contributed by atoms with Crippen LogP contribution in [0.25, 0.3) is 0 Å². The predicted octanol–water partition coefficient (Wildman–Crippen LogP) is 5.46. The lowest BCUT2D eigenvalue weighted by Gasteiger charge is -2.36. The van der Waals surface area contributed by atoms with Gasteiger partial charge in [-0.05, 0) is 48.2 Å². The summed E-state index contributed by atoms with van der Waals surface area (Å²) in [6, 6.07) is 11.8. The SMILES string of the molecule is CC(C)(C)[Si](C)(C)OCCCc1ccncc1C(=O)Cc1ccccc1. The molecule has 0 fully saturated rings. The van der Waals surface area contributed by atoms with Crippen molar-refractivity contribution in [3.63, 3.8) is 0 Å². The molecule has 2 aromatic rings. The van der Waals surface area contributed by atoms with Crippen LogP contribution in [0.2, 0.25) is 18.1 Å². The molecule has 1 heterocycles. The van der Waals surface area contributed by atoms with Crippen molar-refractivity contribution in [2.75, 3.05) is 6.61 Å². The highest BCUT2D eigenvalue weighted by Gasteiger charge is 2.36. The van der Waals surface area contributed by atoms with E-state index in [0.29, 0.717) is 6.42 Å². The van der Waals surface area contributed by atoms with Gasteiger partial charge in [-0.2, -0.15) is 0 Å². The Labute approximate surface area is 159 Å². The van der Waals surface area contributed by atoms with E-state index in [1.807, 2.05) is 36.4 Å². The first kappa shape index (κ1) is 20.5. The Morgan fingerprint density at radius 3 is 2.46 bits per heavy atom. The summed E-state index contributed by atoms with van der Waals surface area (Å²) in [6.45, 7) is 12.0. The maximum atomic E-state index is 12.7. The monoisotopic (exact) mass is 369 g/mol. The van der Waals surface area contributed by atoms with Gasteiger partial charge in [0, 0.05) is 31.0 Å².